The van der Waals surface area contributed by atoms with Crippen LogP contribution >= 0.6 is 0 Å². The van der Waals surface area contributed by atoms with Gasteiger partial charge in [-0.15, -0.1) is 0 Å². The normalized spacial score (nSPS) is 14.2. The average Bonchev–Trinajstić information content (AvgIpc) is 3.24. The van der Waals surface area contributed by atoms with E-state index in [1.54, 1.807) is 26.4 Å². The van der Waals surface area contributed by atoms with Gasteiger partial charge in [-0.25, -0.2) is 4.39 Å². The molecule has 0 unspecified atom stereocenters. The molecule has 2 aromatic carbocycles. The van der Waals surface area contributed by atoms with Gasteiger partial charge < -0.3 is 23.8 Å². The first-order valence-electron chi connectivity index (χ1n) is 8.99. The van der Waals surface area contributed by atoms with Crippen LogP contribution in [0.1, 0.15) is 0 Å². The van der Waals surface area contributed by atoms with Gasteiger partial charge in [0, 0.05) is 31.9 Å². The monoisotopic (exact) mass is 384 g/mol. The van der Waals surface area contributed by atoms with Crippen LogP contribution in [0.25, 0.3) is 11.4 Å². The second-order valence-electron chi connectivity index (χ2n) is 6.42. The third-order valence-corrected chi connectivity index (χ3v) is 4.80. The first kappa shape index (κ1) is 18.1. The number of benzene rings is 2. The maximum Gasteiger partial charge on any atom is 0.324 e. The lowest BCUT2D eigenvalue weighted by molar-refractivity contribution is 0.400. The highest BCUT2D eigenvalue weighted by molar-refractivity contribution is 5.66. The molecule has 4 rings (SSSR count). The lowest BCUT2D eigenvalue weighted by atomic mass is 10.2. The van der Waals surface area contributed by atoms with Crippen LogP contribution in [0, 0.1) is 5.82 Å². The highest BCUT2D eigenvalue weighted by atomic mass is 19.1. The van der Waals surface area contributed by atoms with Crippen molar-refractivity contribution < 1.29 is 18.4 Å². The van der Waals surface area contributed by atoms with E-state index >= 15 is 0 Å². The Morgan fingerprint density at radius 1 is 0.929 bits per heavy atom. The SMILES string of the molecule is COc1ccc(OC)c(-c2noc(N3CCN(c4ccc(F)cc4)CC3)n2)c1. The van der Waals surface area contributed by atoms with E-state index in [0.29, 0.717) is 28.9 Å². The molecule has 1 fully saturated rings. The van der Waals surface area contributed by atoms with Crippen LogP contribution in [0.15, 0.2) is 47.0 Å². The van der Waals surface area contributed by atoms with Crippen molar-refractivity contribution in [3.8, 4) is 22.9 Å². The van der Waals surface area contributed by atoms with Crippen molar-refractivity contribution in [2.75, 3.05) is 50.2 Å². The molecule has 1 aromatic heterocycles. The molecule has 0 N–H and O–H groups in total. The molecule has 3 aromatic rings. The van der Waals surface area contributed by atoms with Crippen molar-refractivity contribution in [1.82, 2.24) is 10.1 Å². The van der Waals surface area contributed by atoms with E-state index in [9.17, 15) is 4.39 Å². The number of ether oxygens (including phenoxy) is 2. The minimum absolute atomic E-state index is 0.228. The Bertz CT molecular complexity index is 937. The smallest absolute Gasteiger partial charge is 0.324 e. The quantitative estimate of drug-likeness (QED) is 0.669. The fraction of sp³-hybridized carbons (Fsp3) is 0.300. The van der Waals surface area contributed by atoms with Gasteiger partial charge in [0.05, 0.1) is 19.8 Å². The van der Waals surface area contributed by atoms with Crippen LogP contribution in [0.4, 0.5) is 16.1 Å². The van der Waals surface area contributed by atoms with Crippen molar-refractivity contribution >= 4 is 11.7 Å². The molecule has 0 amide bonds. The number of hydrogen-bond donors (Lipinski definition) is 0. The molecule has 0 saturated carbocycles. The summed E-state index contributed by atoms with van der Waals surface area (Å²) in [6.45, 7) is 3.03. The van der Waals surface area contributed by atoms with Crippen molar-refractivity contribution in [3.05, 3.63) is 48.3 Å². The van der Waals surface area contributed by atoms with E-state index in [1.807, 2.05) is 23.1 Å². The lowest BCUT2D eigenvalue weighted by Crippen LogP contribution is -2.46. The van der Waals surface area contributed by atoms with E-state index in [2.05, 4.69) is 15.0 Å². The Labute approximate surface area is 162 Å². The van der Waals surface area contributed by atoms with Crippen LogP contribution in [-0.2, 0) is 0 Å². The van der Waals surface area contributed by atoms with E-state index in [4.69, 9.17) is 14.0 Å². The van der Waals surface area contributed by atoms with E-state index < -0.39 is 0 Å². The molecule has 1 aliphatic rings. The van der Waals surface area contributed by atoms with Gasteiger partial charge in [0.15, 0.2) is 0 Å². The molecule has 7 nitrogen and oxygen atoms in total. The molecule has 0 atom stereocenters. The predicted molar refractivity (Wildman–Crippen MR) is 104 cm³/mol. The molecular weight excluding hydrogens is 363 g/mol. The third kappa shape index (κ3) is 3.58. The predicted octanol–water partition coefficient (Wildman–Crippen LogP) is 3.22. The first-order chi connectivity index (χ1) is 13.7. The molecule has 8 heteroatoms. The molecule has 146 valence electrons. The molecular formula is C20H21FN4O3. The number of rotatable bonds is 5. The zero-order valence-corrected chi connectivity index (χ0v) is 15.8. The van der Waals surface area contributed by atoms with Gasteiger partial charge in [0.25, 0.3) is 0 Å². The van der Waals surface area contributed by atoms with Gasteiger partial charge in [-0.3, -0.25) is 0 Å². The summed E-state index contributed by atoms with van der Waals surface area (Å²) in [6, 6.07) is 12.5. The van der Waals surface area contributed by atoms with Gasteiger partial charge >= 0.3 is 6.01 Å². The van der Waals surface area contributed by atoms with Crippen LogP contribution in [0.2, 0.25) is 0 Å². The van der Waals surface area contributed by atoms with E-state index in [0.717, 1.165) is 31.9 Å². The van der Waals surface area contributed by atoms with Crippen molar-refractivity contribution in [1.29, 1.82) is 0 Å². The number of halogens is 1. The van der Waals surface area contributed by atoms with E-state index in [1.165, 1.54) is 12.1 Å². The van der Waals surface area contributed by atoms with Gasteiger partial charge in [0.1, 0.15) is 17.3 Å². The van der Waals surface area contributed by atoms with Crippen molar-refractivity contribution in [2.45, 2.75) is 0 Å². The summed E-state index contributed by atoms with van der Waals surface area (Å²) in [5.74, 6) is 1.56. The number of piperazine rings is 1. The lowest BCUT2D eigenvalue weighted by Gasteiger charge is -2.35. The molecule has 0 aliphatic carbocycles. The van der Waals surface area contributed by atoms with Gasteiger partial charge in [-0.1, -0.05) is 5.16 Å². The summed E-state index contributed by atoms with van der Waals surface area (Å²) in [4.78, 5) is 8.79. The number of aromatic nitrogens is 2. The fourth-order valence-corrected chi connectivity index (χ4v) is 3.25. The second-order valence-corrected chi connectivity index (χ2v) is 6.42. The van der Waals surface area contributed by atoms with Crippen LogP contribution in [0.3, 0.4) is 0 Å². The Kier molecular flexibility index (Phi) is 5.01. The maximum absolute atomic E-state index is 13.1. The highest BCUT2D eigenvalue weighted by Gasteiger charge is 2.23. The second kappa shape index (κ2) is 7.75. The Morgan fingerprint density at radius 2 is 1.64 bits per heavy atom. The fourth-order valence-electron chi connectivity index (χ4n) is 3.25. The van der Waals surface area contributed by atoms with Crippen LogP contribution < -0.4 is 19.3 Å². The molecule has 28 heavy (non-hydrogen) atoms. The van der Waals surface area contributed by atoms with Crippen LogP contribution in [-0.4, -0.2) is 50.5 Å². The molecule has 0 spiro atoms. The highest BCUT2D eigenvalue weighted by Crippen LogP contribution is 2.32. The van der Waals surface area contributed by atoms with Gasteiger partial charge in [0.2, 0.25) is 5.82 Å². The Balaban J connectivity index is 1.48. The summed E-state index contributed by atoms with van der Waals surface area (Å²) in [5.41, 5.74) is 1.72. The summed E-state index contributed by atoms with van der Waals surface area (Å²) < 4.78 is 29.3. The number of anilines is 2. The van der Waals surface area contributed by atoms with Crippen LogP contribution in [0.5, 0.6) is 11.5 Å². The number of hydrogen-bond acceptors (Lipinski definition) is 7. The largest absolute Gasteiger partial charge is 0.497 e. The summed E-state index contributed by atoms with van der Waals surface area (Å²) in [6.07, 6.45) is 0. The summed E-state index contributed by atoms with van der Waals surface area (Å²) in [5, 5.41) is 4.11. The Hall–Kier alpha value is -3.29. The minimum atomic E-state index is -0.228. The summed E-state index contributed by atoms with van der Waals surface area (Å²) in [7, 11) is 3.20. The molecule has 1 aliphatic heterocycles. The van der Waals surface area contributed by atoms with Gasteiger partial charge in [-0.2, -0.15) is 4.98 Å². The number of nitrogens with zero attached hydrogens (tertiary/aromatic N) is 4. The van der Waals surface area contributed by atoms with Crippen molar-refractivity contribution in [3.63, 3.8) is 0 Å². The zero-order valence-electron chi connectivity index (χ0n) is 15.8. The zero-order chi connectivity index (χ0) is 19.5. The Morgan fingerprint density at radius 3 is 2.32 bits per heavy atom. The van der Waals surface area contributed by atoms with E-state index in [-0.39, 0.29) is 5.82 Å². The molecule has 2 heterocycles. The van der Waals surface area contributed by atoms with Gasteiger partial charge in [-0.05, 0) is 42.5 Å². The molecule has 0 bridgehead atoms. The third-order valence-electron chi connectivity index (χ3n) is 4.80. The topological polar surface area (TPSA) is 63.9 Å². The maximum atomic E-state index is 13.1. The minimum Gasteiger partial charge on any atom is -0.497 e. The van der Waals surface area contributed by atoms with Crippen molar-refractivity contribution in [2.24, 2.45) is 0 Å². The standard InChI is InChI=1S/C20H21FN4O3/c1-26-16-7-8-18(27-2)17(13-16)19-22-20(28-23-19)25-11-9-24(10-12-25)15-5-3-14(21)4-6-15/h3-8,13H,9-12H2,1-2H3. The molecule has 0 radical (unpaired) electrons. The summed E-state index contributed by atoms with van der Waals surface area (Å²) >= 11 is 0. The molecule has 1 saturated heterocycles. The number of methoxy groups -OCH3 is 2. The average molecular weight is 384 g/mol. The first-order valence-corrected chi connectivity index (χ1v) is 8.99.